The molecule has 0 spiro atoms. The van der Waals surface area contributed by atoms with Crippen LogP contribution in [0, 0.1) is 0 Å². The zero-order valence-electron chi connectivity index (χ0n) is 7.80. The molecule has 5 nitrogen and oxygen atoms in total. The lowest BCUT2D eigenvalue weighted by Gasteiger charge is -2.07. The molecule has 0 amide bonds. The first-order chi connectivity index (χ1) is 6.72. The second kappa shape index (κ2) is 5.11. The second-order valence-electron chi connectivity index (χ2n) is 3.12. The molecule has 0 radical (unpaired) electrons. The van der Waals surface area contributed by atoms with E-state index < -0.39 is 0 Å². The van der Waals surface area contributed by atoms with Gasteiger partial charge < -0.3 is 11.5 Å². The summed E-state index contributed by atoms with van der Waals surface area (Å²) >= 11 is 0. The van der Waals surface area contributed by atoms with E-state index in [9.17, 15) is 0 Å². The van der Waals surface area contributed by atoms with Gasteiger partial charge in [-0.1, -0.05) is 17.2 Å². The summed E-state index contributed by atoms with van der Waals surface area (Å²) in [5, 5.41) is 3.42. The van der Waals surface area contributed by atoms with Crippen LogP contribution in [-0.2, 0) is 6.42 Å². The first kappa shape index (κ1) is 10.4. The summed E-state index contributed by atoms with van der Waals surface area (Å²) in [4.78, 5) is 2.66. The van der Waals surface area contributed by atoms with Crippen molar-refractivity contribution in [2.45, 2.75) is 12.5 Å². The molecular weight excluding hydrogens is 178 g/mol. The Kier molecular flexibility index (Phi) is 3.79. The van der Waals surface area contributed by atoms with E-state index >= 15 is 0 Å². The van der Waals surface area contributed by atoms with Crippen molar-refractivity contribution in [2.24, 2.45) is 10.8 Å². The third-order valence-electron chi connectivity index (χ3n) is 1.86. The maximum atomic E-state index is 8.10. The fraction of sp³-hybridized carbons (Fsp3) is 0.333. The van der Waals surface area contributed by atoms with Crippen molar-refractivity contribution in [3.8, 4) is 0 Å². The van der Waals surface area contributed by atoms with Gasteiger partial charge in [-0.25, -0.2) is 0 Å². The number of benzene rings is 1. The number of rotatable bonds is 4. The molecule has 0 saturated heterocycles. The molecule has 1 rings (SSSR count). The van der Waals surface area contributed by atoms with Gasteiger partial charge in [0, 0.05) is 23.2 Å². The maximum Gasteiger partial charge on any atom is 0.0413 e. The van der Waals surface area contributed by atoms with E-state index in [0.29, 0.717) is 13.0 Å². The average Bonchev–Trinajstić information content (AvgIpc) is 2.18. The lowest BCUT2D eigenvalue weighted by Crippen LogP contribution is -2.25. The Morgan fingerprint density at radius 1 is 1.36 bits per heavy atom. The van der Waals surface area contributed by atoms with Gasteiger partial charge in [0.2, 0.25) is 0 Å². The van der Waals surface area contributed by atoms with Gasteiger partial charge in [-0.05, 0) is 29.6 Å². The fourth-order valence-electron chi connectivity index (χ4n) is 1.16. The van der Waals surface area contributed by atoms with E-state index in [4.69, 9.17) is 17.0 Å². The summed E-state index contributed by atoms with van der Waals surface area (Å²) in [5.74, 6) is 0. The van der Waals surface area contributed by atoms with E-state index in [-0.39, 0.29) is 6.04 Å². The first-order valence-corrected chi connectivity index (χ1v) is 4.33. The highest BCUT2D eigenvalue weighted by Crippen LogP contribution is 2.07. The highest BCUT2D eigenvalue weighted by molar-refractivity contribution is 5.39. The lowest BCUT2D eigenvalue weighted by atomic mass is 10.1. The van der Waals surface area contributed by atoms with Gasteiger partial charge in [0.15, 0.2) is 0 Å². The molecule has 0 aliphatic rings. The molecule has 0 aliphatic heterocycles. The molecule has 14 heavy (non-hydrogen) atoms. The molecule has 0 aliphatic carbocycles. The summed E-state index contributed by atoms with van der Waals surface area (Å²) in [7, 11) is 0. The van der Waals surface area contributed by atoms with Crippen LogP contribution in [0.3, 0.4) is 0 Å². The number of nitrogens with two attached hydrogens (primary N) is 2. The molecule has 0 aromatic heterocycles. The van der Waals surface area contributed by atoms with Crippen LogP contribution >= 0.6 is 0 Å². The van der Waals surface area contributed by atoms with Crippen LogP contribution in [-0.4, -0.2) is 12.6 Å². The quantitative estimate of drug-likeness (QED) is 0.325. The maximum absolute atomic E-state index is 8.10. The fourth-order valence-corrected chi connectivity index (χ4v) is 1.16. The molecule has 74 valence electrons. The molecular formula is C9H13N5. The van der Waals surface area contributed by atoms with Crippen LogP contribution in [0.15, 0.2) is 29.4 Å². The number of nitrogens with zero attached hydrogens (tertiary/aromatic N) is 3. The topological polar surface area (TPSA) is 101 Å². The van der Waals surface area contributed by atoms with Gasteiger partial charge in [-0.2, -0.15) is 0 Å². The Balaban J connectivity index is 2.51. The smallest absolute Gasteiger partial charge is 0.0413 e. The summed E-state index contributed by atoms with van der Waals surface area (Å²) in [6, 6.07) is 7.37. The molecule has 5 heteroatoms. The monoisotopic (exact) mass is 191 g/mol. The number of azide groups is 1. The van der Waals surface area contributed by atoms with Crippen molar-refractivity contribution in [1.82, 2.24) is 0 Å². The Morgan fingerprint density at radius 3 is 2.57 bits per heavy atom. The van der Waals surface area contributed by atoms with Crippen molar-refractivity contribution in [1.29, 1.82) is 0 Å². The van der Waals surface area contributed by atoms with Crippen LogP contribution in [0.4, 0.5) is 5.69 Å². The van der Waals surface area contributed by atoms with Crippen molar-refractivity contribution < 1.29 is 0 Å². The zero-order chi connectivity index (χ0) is 10.4. The van der Waals surface area contributed by atoms with Crippen LogP contribution in [0.2, 0.25) is 0 Å². The molecule has 0 unspecified atom stereocenters. The highest BCUT2D eigenvalue weighted by atomic mass is 15.1. The minimum Gasteiger partial charge on any atom is -0.399 e. The van der Waals surface area contributed by atoms with Crippen molar-refractivity contribution >= 4 is 5.69 Å². The van der Waals surface area contributed by atoms with E-state index in [1.807, 2.05) is 24.3 Å². The Hall–Kier alpha value is -1.71. The number of hydrogen-bond donors (Lipinski definition) is 2. The summed E-state index contributed by atoms with van der Waals surface area (Å²) in [5.41, 5.74) is 21.2. The molecule has 0 bridgehead atoms. The molecule has 4 N–H and O–H groups in total. The van der Waals surface area contributed by atoms with Crippen LogP contribution in [0.1, 0.15) is 5.56 Å². The lowest BCUT2D eigenvalue weighted by molar-refractivity contribution is 0.676. The van der Waals surface area contributed by atoms with Crippen LogP contribution < -0.4 is 11.5 Å². The van der Waals surface area contributed by atoms with Gasteiger partial charge in [0.05, 0.1) is 0 Å². The molecule has 0 fully saturated rings. The van der Waals surface area contributed by atoms with Gasteiger partial charge in [0.1, 0.15) is 0 Å². The van der Waals surface area contributed by atoms with Gasteiger partial charge >= 0.3 is 0 Å². The first-order valence-electron chi connectivity index (χ1n) is 4.33. The zero-order valence-corrected chi connectivity index (χ0v) is 7.80. The van der Waals surface area contributed by atoms with Crippen molar-refractivity contribution in [2.75, 3.05) is 12.3 Å². The van der Waals surface area contributed by atoms with E-state index in [0.717, 1.165) is 11.3 Å². The highest BCUT2D eigenvalue weighted by Gasteiger charge is 2.01. The second-order valence-corrected chi connectivity index (χ2v) is 3.12. The average molecular weight is 191 g/mol. The molecule has 1 atom stereocenters. The Bertz CT molecular complexity index is 326. The van der Waals surface area contributed by atoms with Crippen molar-refractivity contribution in [3.05, 3.63) is 40.3 Å². The van der Waals surface area contributed by atoms with Crippen LogP contribution in [0.5, 0.6) is 0 Å². The Labute approximate surface area is 82.3 Å². The molecule has 1 aromatic carbocycles. The predicted octanol–water partition coefficient (Wildman–Crippen LogP) is 1.45. The SMILES string of the molecule is [N-]=[N+]=NC[C@@H](N)Cc1ccc(N)cc1. The van der Waals surface area contributed by atoms with Crippen LogP contribution in [0.25, 0.3) is 10.4 Å². The third kappa shape index (κ3) is 3.35. The normalized spacial score (nSPS) is 11.8. The number of anilines is 1. The van der Waals surface area contributed by atoms with E-state index in [2.05, 4.69) is 10.0 Å². The van der Waals surface area contributed by atoms with Gasteiger partial charge in [0.25, 0.3) is 0 Å². The molecule has 0 saturated carbocycles. The number of hydrogen-bond acceptors (Lipinski definition) is 3. The van der Waals surface area contributed by atoms with Gasteiger partial charge in [-0.15, -0.1) is 0 Å². The summed E-state index contributed by atoms with van der Waals surface area (Å²) < 4.78 is 0. The molecule has 1 aromatic rings. The minimum absolute atomic E-state index is 0.130. The Morgan fingerprint density at radius 2 is 2.00 bits per heavy atom. The third-order valence-corrected chi connectivity index (χ3v) is 1.86. The minimum atomic E-state index is -0.130. The summed E-state index contributed by atoms with van der Waals surface area (Å²) in [6.07, 6.45) is 0.694. The molecule has 0 heterocycles. The van der Waals surface area contributed by atoms with E-state index in [1.165, 1.54) is 0 Å². The van der Waals surface area contributed by atoms with Crippen molar-refractivity contribution in [3.63, 3.8) is 0 Å². The number of nitrogen functional groups attached to an aromatic ring is 1. The predicted molar refractivity (Wildman–Crippen MR) is 56.5 cm³/mol. The van der Waals surface area contributed by atoms with E-state index in [1.54, 1.807) is 0 Å². The van der Waals surface area contributed by atoms with Gasteiger partial charge in [-0.3, -0.25) is 0 Å². The summed E-state index contributed by atoms with van der Waals surface area (Å²) in [6.45, 7) is 0.320. The standard InChI is InChI=1S/C9H13N5/c10-8-3-1-7(2-4-8)5-9(11)6-13-14-12/h1-4,9H,5-6,10-11H2/t9-/m0/s1. The largest absolute Gasteiger partial charge is 0.399 e.